The Labute approximate surface area is 240 Å². The molecule has 12 heteroatoms. The summed E-state index contributed by atoms with van der Waals surface area (Å²) in [5, 5.41) is 12.0. The number of ether oxygens (including phenoxy) is 1. The number of piperidine rings is 1. The van der Waals surface area contributed by atoms with Gasteiger partial charge in [-0.15, -0.1) is 0 Å². The number of amides is 1. The number of aromatic amines is 1. The van der Waals surface area contributed by atoms with Gasteiger partial charge >= 0.3 is 0 Å². The molecule has 40 heavy (non-hydrogen) atoms. The minimum Gasteiger partial charge on any atom is -0.486 e. The van der Waals surface area contributed by atoms with Crippen molar-refractivity contribution in [3.63, 3.8) is 0 Å². The number of rotatable bonds is 5. The van der Waals surface area contributed by atoms with Crippen molar-refractivity contribution in [1.29, 1.82) is 0 Å². The maximum atomic E-state index is 15.4. The van der Waals surface area contributed by atoms with E-state index in [0.29, 0.717) is 65.1 Å². The van der Waals surface area contributed by atoms with E-state index in [1.807, 2.05) is 37.1 Å². The van der Waals surface area contributed by atoms with E-state index in [-0.39, 0.29) is 11.7 Å². The number of aromatic nitrogens is 4. The Kier molecular flexibility index (Phi) is 7.02. The maximum Gasteiger partial charge on any atom is 0.240 e. The van der Waals surface area contributed by atoms with E-state index in [9.17, 15) is 4.79 Å². The molecule has 0 radical (unpaired) electrons. The predicted molar refractivity (Wildman–Crippen MR) is 152 cm³/mol. The molecule has 9 nitrogen and oxygen atoms in total. The largest absolute Gasteiger partial charge is 0.486 e. The summed E-state index contributed by atoms with van der Waals surface area (Å²) in [4.78, 5) is 25.2. The van der Waals surface area contributed by atoms with Gasteiger partial charge in [0.25, 0.3) is 0 Å². The first-order valence-corrected chi connectivity index (χ1v) is 13.9. The van der Waals surface area contributed by atoms with E-state index in [1.54, 1.807) is 6.20 Å². The number of benzene rings is 1. The fourth-order valence-electron chi connectivity index (χ4n) is 5.74. The molecule has 1 spiro atoms. The smallest absolute Gasteiger partial charge is 0.240 e. The first-order chi connectivity index (χ1) is 19.3. The second kappa shape index (κ2) is 10.5. The Bertz CT molecular complexity index is 1570. The maximum absolute atomic E-state index is 15.4. The zero-order valence-corrected chi connectivity index (χ0v) is 23.6. The van der Waals surface area contributed by atoms with Gasteiger partial charge in [-0.1, -0.05) is 23.2 Å². The molecular weight excluding hydrogens is 556 g/mol. The highest BCUT2D eigenvalue weighted by atomic mass is 35.5. The lowest BCUT2D eigenvalue weighted by atomic mass is 9.83. The number of nitrogens with one attached hydrogen (secondary N) is 2. The third-order valence-electron chi connectivity index (χ3n) is 8.02. The number of hydrogen-bond donors (Lipinski definition) is 2. The molecular formula is C28H28Cl2FN7O2. The van der Waals surface area contributed by atoms with Crippen LogP contribution < -0.4 is 15.0 Å². The van der Waals surface area contributed by atoms with Crippen molar-refractivity contribution >= 4 is 45.8 Å². The van der Waals surface area contributed by atoms with Crippen LogP contribution in [0, 0.1) is 5.82 Å². The van der Waals surface area contributed by atoms with Gasteiger partial charge in [-0.05, 0) is 51.1 Å². The Morgan fingerprint density at radius 3 is 2.55 bits per heavy atom. The molecule has 3 aromatic heterocycles. The molecule has 1 amide bonds. The minimum absolute atomic E-state index is 0.0554. The summed E-state index contributed by atoms with van der Waals surface area (Å²) in [6.45, 7) is 4.39. The minimum atomic E-state index is -0.537. The van der Waals surface area contributed by atoms with Crippen molar-refractivity contribution in [2.45, 2.75) is 31.4 Å². The molecule has 2 saturated heterocycles. The normalized spacial score (nSPS) is 18.2. The van der Waals surface area contributed by atoms with Crippen LogP contribution in [0.3, 0.4) is 0 Å². The third kappa shape index (κ3) is 4.63. The average Bonchev–Trinajstić information content (AvgIpc) is 3.35. The molecule has 6 rings (SSSR count). The Balaban J connectivity index is 1.22. The van der Waals surface area contributed by atoms with E-state index in [2.05, 4.69) is 30.4 Å². The molecule has 208 valence electrons. The van der Waals surface area contributed by atoms with Crippen molar-refractivity contribution in [2.75, 3.05) is 38.1 Å². The molecule has 1 aromatic carbocycles. The quantitative estimate of drug-likeness (QED) is 0.341. The van der Waals surface area contributed by atoms with Gasteiger partial charge in [0.05, 0.1) is 15.6 Å². The van der Waals surface area contributed by atoms with Crippen LogP contribution >= 0.6 is 23.2 Å². The first-order valence-electron chi connectivity index (χ1n) is 13.1. The summed E-state index contributed by atoms with van der Waals surface area (Å²) in [6.07, 6.45) is 5.47. The molecule has 1 unspecified atom stereocenters. The highest BCUT2D eigenvalue weighted by molar-refractivity contribution is 6.35. The summed E-state index contributed by atoms with van der Waals surface area (Å²) >= 11 is 12.6. The zero-order valence-electron chi connectivity index (χ0n) is 22.0. The van der Waals surface area contributed by atoms with Gasteiger partial charge in [0.2, 0.25) is 5.91 Å². The predicted octanol–water partition coefficient (Wildman–Crippen LogP) is 5.01. The number of piperazine rings is 1. The fraction of sp³-hybridized carbons (Fsp3) is 0.357. The van der Waals surface area contributed by atoms with Crippen LogP contribution in [-0.4, -0.2) is 69.7 Å². The average molecular weight is 584 g/mol. The highest BCUT2D eigenvalue weighted by Crippen LogP contribution is 2.36. The van der Waals surface area contributed by atoms with Crippen molar-refractivity contribution < 1.29 is 13.9 Å². The molecule has 2 aliphatic heterocycles. The second-order valence-electron chi connectivity index (χ2n) is 10.3. The van der Waals surface area contributed by atoms with Crippen LogP contribution in [0.4, 0.5) is 10.2 Å². The van der Waals surface area contributed by atoms with Crippen LogP contribution in [0.1, 0.15) is 31.4 Å². The van der Waals surface area contributed by atoms with E-state index in [0.717, 1.165) is 17.4 Å². The number of H-pyrrole nitrogens is 1. The lowest BCUT2D eigenvalue weighted by Crippen LogP contribution is -2.67. The van der Waals surface area contributed by atoms with Gasteiger partial charge in [0.15, 0.2) is 11.6 Å². The van der Waals surface area contributed by atoms with Crippen molar-refractivity contribution in [3.05, 3.63) is 64.3 Å². The number of halogens is 3. The molecule has 5 heterocycles. The number of anilines is 1. The standard InChI is InChI=1S/C28H28Cl2FN7O2/c1-16(24-20(29)14-32-15-21(24)30)40-18-3-4-23-19(12-18)25(36-35-23)17-11-22(31)26(34-13-17)38-8-5-28(6-9-38)27(39)33-7-10-37(28)2/h3-4,11-16H,5-10H2,1-2H3,(H,33,39)(H,35,36). The Morgan fingerprint density at radius 1 is 1.10 bits per heavy atom. The summed E-state index contributed by atoms with van der Waals surface area (Å²) in [5.74, 6) is 0.478. The van der Waals surface area contributed by atoms with Gasteiger partial charge in [-0.2, -0.15) is 5.10 Å². The number of carbonyl (C=O) groups is 1. The monoisotopic (exact) mass is 583 g/mol. The molecule has 0 bridgehead atoms. The zero-order chi connectivity index (χ0) is 28.0. The number of fused-ring (bicyclic) bond motifs is 1. The van der Waals surface area contributed by atoms with Crippen LogP contribution in [0.25, 0.3) is 22.2 Å². The van der Waals surface area contributed by atoms with Crippen LogP contribution in [0.2, 0.25) is 10.0 Å². The van der Waals surface area contributed by atoms with Gasteiger partial charge in [0, 0.05) is 61.3 Å². The molecule has 2 N–H and O–H groups in total. The van der Waals surface area contributed by atoms with E-state index >= 15 is 4.39 Å². The van der Waals surface area contributed by atoms with E-state index in [4.69, 9.17) is 27.9 Å². The molecule has 2 fully saturated rings. The molecule has 0 aliphatic carbocycles. The molecule has 1 atom stereocenters. The molecule has 0 saturated carbocycles. The number of nitrogens with zero attached hydrogens (tertiary/aromatic N) is 5. The summed E-state index contributed by atoms with van der Waals surface area (Å²) in [6, 6.07) is 6.96. The van der Waals surface area contributed by atoms with Crippen molar-refractivity contribution in [1.82, 2.24) is 30.4 Å². The molecule has 2 aliphatic rings. The lowest BCUT2D eigenvalue weighted by Gasteiger charge is -2.48. The number of carbonyl (C=O) groups excluding carboxylic acids is 1. The third-order valence-corrected chi connectivity index (χ3v) is 8.62. The topological polar surface area (TPSA) is 99.3 Å². The number of hydrogen-bond acceptors (Lipinski definition) is 7. The summed E-state index contributed by atoms with van der Waals surface area (Å²) < 4.78 is 21.6. The van der Waals surface area contributed by atoms with E-state index < -0.39 is 17.5 Å². The Hall–Kier alpha value is -3.47. The van der Waals surface area contributed by atoms with E-state index in [1.165, 1.54) is 18.5 Å². The summed E-state index contributed by atoms with van der Waals surface area (Å²) in [5.41, 5.74) is 1.98. The van der Waals surface area contributed by atoms with Gasteiger partial charge in [-0.3, -0.25) is 19.8 Å². The summed E-state index contributed by atoms with van der Waals surface area (Å²) in [7, 11) is 1.98. The first kappa shape index (κ1) is 26.7. The van der Waals surface area contributed by atoms with Crippen molar-refractivity contribution in [3.8, 4) is 17.0 Å². The second-order valence-corrected chi connectivity index (χ2v) is 11.1. The van der Waals surface area contributed by atoms with Crippen LogP contribution in [0.15, 0.2) is 42.9 Å². The fourth-order valence-corrected chi connectivity index (χ4v) is 6.41. The highest BCUT2D eigenvalue weighted by Gasteiger charge is 2.46. The van der Waals surface area contributed by atoms with Crippen LogP contribution in [-0.2, 0) is 4.79 Å². The van der Waals surface area contributed by atoms with Gasteiger partial charge in [-0.25, -0.2) is 9.37 Å². The number of likely N-dealkylation sites (N-methyl/N-ethyl adjacent to an activating group) is 1. The van der Waals surface area contributed by atoms with Crippen molar-refractivity contribution in [2.24, 2.45) is 0 Å². The number of pyridine rings is 2. The lowest BCUT2D eigenvalue weighted by molar-refractivity contribution is -0.137. The Morgan fingerprint density at radius 2 is 1.85 bits per heavy atom. The molecule has 4 aromatic rings. The van der Waals surface area contributed by atoms with Gasteiger partial charge < -0.3 is 15.0 Å². The van der Waals surface area contributed by atoms with Gasteiger partial charge in [0.1, 0.15) is 23.1 Å². The SMILES string of the molecule is CC(Oc1ccc2[nH]nc(-c3cnc(N4CCC5(CC4)C(=O)NCCN5C)c(F)c3)c2c1)c1c(Cl)cncc1Cl. The van der Waals surface area contributed by atoms with Crippen LogP contribution in [0.5, 0.6) is 5.75 Å².